The van der Waals surface area contributed by atoms with Crippen molar-refractivity contribution in [2.24, 2.45) is 0 Å². The number of hydrogen-bond donors (Lipinski definition) is 1. The van der Waals surface area contributed by atoms with E-state index in [0.717, 1.165) is 19.6 Å². The molecule has 0 aromatic heterocycles. The Labute approximate surface area is 127 Å². The molecule has 1 aliphatic heterocycles. The predicted octanol–water partition coefficient (Wildman–Crippen LogP) is 3.46. The largest absolute Gasteiger partial charge is 0.313 e. The van der Waals surface area contributed by atoms with E-state index in [-0.39, 0.29) is 0 Å². The van der Waals surface area contributed by atoms with Crippen LogP contribution >= 0.6 is 0 Å². The first-order valence-corrected chi connectivity index (χ1v) is 7.92. The van der Waals surface area contributed by atoms with Gasteiger partial charge in [0.2, 0.25) is 0 Å². The molecule has 1 saturated heterocycles. The van der Waals surface area contributed by atoms with E-state index >= 15 is 0 Å². The van der Waals surface area contributed by atoms with Crippen LogP contribution in [0.1, 0.15) is 30.5 Å². The molecular weight excluding hydrogens is 256 g/mol. The third-order valence-electron chi connectivity index (χ3n) is 4.22. The predicted molar refractivity (Wildman–Crippen MR) is 88.4 cm³/mol. The van der Waals surface area contributed by atoms with Crippen LogP contribution in [-0.2, 0) is 0 Å². The summed E-state index contributed by atoms with van der Waals surface area (Å²) in [6, 6.07) is 22.7. The molecule has 0 bridgehead atoms. The van der Waals surface area contributed by atoms with E-state index in [1.165, 1.54) is 17.5 Å². The first-order chi connectivity index (χ1) is 10.3. The minimum atomic E-state index is 0.356. The Hall–Kier alpha value is -1.64. The van der Waals surface area contributed by atoms with E-state index in [9.17, 15) is 0 Å². The SMILES string of the molecule is CC1CN(C(c2ccccc2)c2ccccc2)CCCN1. The standard InChI is InChI=1S/C19H24N2/c1-16-15-21(14-8-13-20-16)19(17-9-4-2-5-10-17)18-11-6-3-7-12-18/h2-7,9-12,16,19-20H,8,13-15H2,1H3. The minimum absolute atomic E-state index is 0.356. The molecule has 0 amide bonds. The molecular formula is C19H24N2. The summed E-state index contributed by atoms with van der Waals surface area (Å²) in [5.74, 6) is 0. The van der Waals surface area contributed by atoms with Crippen molar-refractivity contribution in [2.75, 3.05) is 19.6 Å². The number of rotatable bonds is 3. The number of hydrogen-bond acceptors (Lipinski definition) is 2. The highest BCUT2D eigenvalue weighted by Crippen LogP contribution is 2.29. The summed E-state index contributed by atoms with van der Waals surface area (Å²) < 4.78 is 0. The fourth-order valence-corrected chi connectivity index (χ4v) is 3.26. The van der Waals surface area contributed by atoms with Gasteiger partial charge in [-0.3, -0.25) is 4.90 Å². The molecule has 1 aliphatic rings. The zero-order chi connectivity index (χ0) is 14.5. The van der Waals surface area contributed by atoms with Crippen LogP contribution in [0.4, 0.5) is 0 Å². The lowest BCUT2D eigenvalue weighted by Crippen LogP contribution is -2.37. The van der Waals surface area contributed by atoms with Crippen molar-refractivity contribution < 1.29 is 0 Å². The van der Waals surface area contributed by atoms with Crippen molar-refractivity contribution in [2.45, 2.75) is 25.4 Å². The lowest BCUT2D eigenvalue weighted by molar-refractivity contribution is 0.225. The quantitative estimate of drug-likeness (QED) is 0.926. The van der Waals surface area contributed by atoms with Crippen LogP contribution in [0, 0.1) is 0 Å². The monoisotopic (exact) mass is 280 g/mol. The van der Waals surface area contributed by atoms with Crippen molar-refractivity contribution in [3.63, 3.8) is 0 Å². The minimum Gasteiger partial charge on any atom is -0.313 e. The fourth-order valence-electron chi connectivity index (χ4n) is 3.26. The third-order valence-corrected chi connectivity index (χ3v) is 4.22. The molecule has 0 saturated carbocycles. The molecule has 1 N–H and O–H groups in total. The topological polar surface area (TPSA) is 15.3 Å². The van der Waals surface area contributed by atoms with Crippen molar-refractivity contribution in [3.05, 3.63) is 71.8 Å². The second-order valence-electron chi connectivity index (χ2n) is 5.93. The van der Waals surface area contributed by atoms with Crippen LogP contribution in [0.5, 0.6) is 0 Å². The van der Waals surface area contributed by atoms with Crippen molar-refractivity contribution in [3.8, 4) is 0 Å². The Morgan fingerprint density at radius 1 is 0.952 bits per heavy atom. The molecule has 1 unspecified atom stereocenters. The Morgan fingerprint density at radius 2 is 1.52 bits per heavy atom. The molecule has 110 valence electrons. The van der Waals surface area contributed by atoms with Crippen molar-refractivity contribution in [1.29, 1.82) is 0 Å². The van der Waals surface area contributed by atoms with Gasteiger partial charge in [-0.15, -0.1) is 0 Å². The first kappa shape index (κ1) is 14.3. The molecule has 21 heavy (non-hydrogen) atoms. The fraction of sp³-hybridized carbons (Fsp3) is 0.368. The highest BCUT2D eigenvalue weighted by Gasteiger charge is 2.24. The second kappa shape index (κ2) is 6.88. The summed E-state index contributed by atoms with van der Waals surface area (Å²) in [4.78, 5) is 2.62. The lowest BCUT2D eigenvalue weighted by Gasteiger charge is -2.32. The van der Waals surface area contributed by atoms with Gasteiger partial charge < -0.3 is 5.32 Å². The van der Waals surface area contributed by atoms with Gasteiger partial charge in [0, 0.05) is 19.1 Å². The summed E-state index contributed by atoms with van der Waals surface area (Å²) in [7, 11) is 0. The van der Waals surface area contributed by atoms with Crippen molar-refractivity contribution in [1.82, 2.24) is 10.2 Å². The summed E-state index contributed by atoms with van der Waals surface area (Å²) in [6.07, 6.45) is 1.21. The van der Waals surface area contributed by atoms with Crippen molar-refractivity contribution >= 4 is 0 Å². The Balaban J connectivity index is 1.96. The first-order valence-electron chi connectivity index (χ1n) is 7.92. The van der Waals surface area contributed by atoms with Crippen LogP contribution < -0.4 is 5.32 Å². The molecule has 0 aliphatic carbocycles. The molecule has 2 aromatic rings. The third kappa shape index (κ3) is 3.52. The van der Waals surface area contributed by atoms with Gasteiger partial charge >= 0.3 is 0 Å². The van der Waals surface area contributed by atoms with Gasteiger partial charge in [-0.05, 0) is 31.0 Å². The summed E-state index contributed by atoms with van der Waals surface area (Å²) >= 11 is 0. The zero-order valence-electron chi connectivity index (χ0n) is 12.7. The molecule has 2 heteroatoms. The number of nitrogens with one attached hydrogen (secondary N) is 1. The highest BCUT2D eigenvalue weighted by atomic mass is 15.2. The van der Waals surface area contributed by atoms with Crippen LogP contribution in [0.15, 0.2) is 60.7 Å². The molecule has 0 radical (unpaired) electrons. The molecule has 3 rings (SSSR count). The van der Waals surface area contributed by atoms with Gasteiger partial charge in [0.25, 0.3) is 0 Å². The molecule has 1 atom stereocenters. The Bertz CT molecular complexity index is 499. The molecule has 0 spiro atoms. The zero-order valence-corrected chi connectivity index (χ0v) is 12.7. The van der Waals surface area contributed by atoms with Crippen LogP contribution in [0.3, 0.4) is 0 Å². The van der Waals surface area contributed by atoms with Crippen LogP contribution in [0.2, 0.25) is 0 Å². The second-order valence-corrected chi connectivity index (χ2v) is 5.93. The van der Waals surface area contributed by atoms with Gasteiger partial charge in [0.05, 0.1) is 6.04 Å². The highest BCUT2D eigenvalue weighted by molar-refractivity contribution is 5.31. The summed E-state index contributed by atoms with van der Waals surface area (Å²) in [5.41, 5.74) is 2.77. The van der Waals surface area contributed by atoms with E-state index in [0.29, 0.717) is 12.1 Å². The smallest absolute Gasteiger partial charge is 0.0602 e. The maximum absolute atomic E-state index is 3.59. The number of nitrogens with zero attached hydrogens (tertiary/aromatic N) is 1. The Morgan fingerprint density at radius 3 is 2.10 bits per heavy atom. The van der Waals surface area contributed by atoms with Gasteiger partial charge in [-0.25, -0.2) is 0 Å². The van der Waals surface area contributed by atoms with Crippen LogP contribution in [-0.4, -0.2) is 30.6 Å². The molecule has 2 aromatic carbocycles. The number of benzene rings is 2. The lowest BCUT2D eigenvalue weighted by atomic mass is 9.96. The van der Waals surface area contributed by atoms with Gasteiger partial charge in [0.1, 0.15) is 0 Å². The van der Waals surface area contributed by atoms with E-state index in [2.05, 4.69) is 77.8 Å². The maximum Gasteiger partial charge on any atom is 0.0602 e. The van der Waals surface area contributed by atoms with Gasteiger partial charge in [-0.2, -0.15) is 0 Å². The van der Waals surface area contributed by atoms with E-state index in [4.69, 9.17) is 0 Å². The summed E-state index contributed by atoms with van der Waals surface area (Å²) in [6.45, 7) is 5.64. The van der Waals surface area contributed by atoms with Gasteiger partial charge in [-0.1, -0.05) is 60.7 Å². The van der Waals surface area contributed by atoms with E-state index < -0.39 is 0 Å². The average Bonchev–Trinajstić information content (AvgIpc) is 2.74. The van der Waals surface area contributed by atoms with Crippen LogP contribution in [0.25, 0.3) is 0 Å². The molecule has 2 nitrogen and oxygen atoms in total. The molecule has 1 fully saturated rings. The van der Waals surface area contributed by atoms with Gasteiger partial charge in [0.15, 0.2) is 0 Å². The van der Waals surface area contributed by atoms with E-state index in [1.807, 2.05) is 0 Å². The molecule has 1 heterocycles. The normalized spacial score (nSPS) is 20.4. The Kier molecular flexibility index (Phi) is 4.69. The summed E-state index contributed by atoms with van der Waals surface area (Å²) in [5, 5.41) is 3.59. The average molecular weight is 280 g/mol. The maximum atomic E-state index is 3.59. The van der Waals surface area contributed by atoms with E-state index in [1.54, 1.807) is 0 Å².